The van der Waals surface area contributed by atoms with Gasteiger partial charge in [-0.15, -0.1) is 0 Å². The molecule has 1 amide bonds. The Hall–Kier alpha value is -2.24. The van der Waals surface area contributed by atoms with Crippen LogP contribution >= 0.6 is 7.82 Å². The van der Waals surface area contributed by atoms with E-state index >= 15 is 0 Å². The van der Waals surface area contributed by atoms with Crippen molar-refractivity contribution < 1.29 is 97.8 Å². The first kappa shape index (κ1) is 37.9. The minimum absolute atomic E-state index is 0. The van der Waals surface area contributed by atoms with Crippen molar-refractivity contribution in [3.8, 4) is 0 Å². The quantitative estimate of drug-likeness (QED) is 0.0339. The van der Waals surface area contributed by atoms with Crippen molar-refractivity contribution >= 4 is 25.5 Å². The molecule has 2 aliphatic heterocycles. The van der Waals surface area contributed by atoms with Crippen molar-refractivity contribution in [2.24, 2.45) is 5.11 Å². The van der Waals surface area contributed by atoms with Crippen LogP contribution in [0, 0.1) is 0 Å². The van der Waals surface area contributed by atoms with Gasteiger partial charge in [0.15, 0.2) is 6.23 Å². The van der Waals surface area contributed by atoms with Gasteiger partial charge in [0.1, 0.15) is 36.3 Å². The third kappa shape index (κ3) is 8.72. The second-order valence-electron chi connectivity index (χ2n) is 9.53. The molecule has 22 nitrogen and oxygen atoms in total. The van der Waals surface area contributed by atoms with Crippen molar-refractivity contribution in [2.45, 2.75) is 74.1 Å². The first-order valence-electron chi connectivity index (χ1n) is 12.3. The zero-order valence-corrected chi connectivity index (χ0v) is 26.0. The van der Waals surface area contributed by atoms with Crippen LogP contribution in [0.5, 0.6) is 0 Å². The molecular weight excluding hydrogens is 632 g/mol. The molecule has 2 aliphatic rings. The van der Waals surface area contributed by atoms with Gasteiger partial charge in [-0.25, -0.2) is 9.59 Å². The number of aliphatic hydroxyl groups excluding tert-OH is 5. The molecule has 1 aromatic heterocycles. The summed E-state index contributed by atoms with van der Waals surface area (Å²) in [5.74, 6) is -6.37. The largest absolute Gasteiger partial charge is 1.00 e. The summed E-state index contributed by atoms with van der Waals surface area (Å²) in [7, 11) is -5.79. The molecular formula is C20H29N7NaO15P. The van der Waals surface area contributed by atoms with E-state index in [0.29, 0.717) is 0 Å². The number of hydrogen-bond donors (Lipinski definition) is 8. The van der Waals surface area contributed by atoms with Crippen molar-refractivity contribution in [3.63, 3.8) is 0 Å². The van der Waals surface area contributed by atoms with Crippen LogP contribution in [0.3, 0.4) is 0 Å². The summed E-state index contributed by atoms with van der Waals surface area (Å²) in [6.45, 7) is -0.848. The van der Waals surface area contributed by atoms with E-state index in [0.717, 1.165) is 17.7 Å². The van der Waals surface area contributed by atoms with Crippen molar-refractivity contribution in [3.05, 3.63) is 33.2 Å². The number of phosphoric acid groups is 1. The van der Waals surface area contributed by atoms with E-state index in [-0.39, 0.29) is 35.4 Å². The number of nitrogen functional groups attached to an aromatic ring is 1. The number of nitrogens with one attached hydrogen (secondary N) is 1. The van der Waals surface area contributed by atoms with Crippen molar-refractivity contribution in [1.82, 2.24) is 14.9 Å². The number of aliphatic hydroxyl groups is 5. The Labute approximate surface area is 268 Å². The third-order valence-electron chi connectivity index (χ3n) is 6.45. The summed E-state index contributed by atoms with van der Waals surface area (Å²) in [4.78, 5) is 54.6. The van der Waals surface area contributed by atoms with E-state index in [1.807, 2.05) is 0 Å². The fourth-order valence-corrected chi connectivity index (χ4v) is 5.37. The van der Waals surface area contributed by atoms with E-state index in [1.165, 1.54) is 6.07 Å². The van der Waals surface area contributed by atoms with E-state index in [1.54, 1.807) is 0 Å². The van der Waals surface area contributed by atoms with Crippen molar-refractivity contribution in [1.29, 1.82) is 0 Å². The molecule has 0 aliphatic carbocycles. The molecule has 2 fully saturated rings. The summed E-state index contributed by atoms with van der Waals surface area (Å²) < 4.78 is 33.5. The number of azide groups is 1. The van der Waals surface area contributed by atoms with Gasteiger partial charge in [-0.2, -0.15) is 4.98 Å². The molecule has 0 spiro atoms. The number of carbonyl (C=O) groups excluding carboxylic acids is 1. The second kappa shape index (κ2) is 15.4. The number of hydrogen-bond acceptors (Lipinski definition) is 17. The van der Waals surface area contributed by atoms with Gasteiger partial charge in [-0.05, 0) is 11.6 Å². The fraction of sp³-hybridized carbons (Fsp3) is 0.700. The number of ether oxygens (including phenoxy) is 2. The number of carbonyl (C=O) groups is 2. The number of carboxylic acid groups (broad SMARTS) is 1. The van der Waals surface area contributed by atoms with Crippen LogP contribution in [-0.4, -0.2) is 120 Å². The first-order chi connectivity index (χ1) is 20.0. The van der Waals surface area contributed by atoms with E-state index in [9.17, 15) is 54.5 Å². The van der Waals surface area contributed by atoms with Crippen LogP contribution in [0.1, 0.15) is 19.6 Å². The summed E-state index contributed by atoms with van der Waals surface area (Å²) in [5, 5.41) is 67.1. The number of aliphatic carboxylic acids is 1. The van der Waals surface area contributed by atoms with Crippen LogP contribution in [-0.2, 0) is 32.7 Å². The van der Waals surface area contributed by atoms with Gasteiger partial charge < -0.3 is 60.6 Å². The normalized spacial score (nSPS) is 32.8. The van der Waals surface area contributed by atoms with Gasteiger partial charge in [0.05, 0.1) is 31.4 Å². The molecule has 1 aromatic rings. The Bertz CT molecular complexity index is 1350. The average molecular weight is 661 g/mol. The first-order valence-corrected chi connectivity index (χ1v) is 13.7. The maximum absolute atomic E-state index is 12.8. The number of nitrogens with two attached hydrogens (primary N) is 1. The summed E-state index contributed by atoms with van der Waals surface area (Å²) in [6, 6.07) is -0.420. The maximum atomic E-state index is 12.8. The van der Waals surface area contributed by atoms with Gasteiger partial charge in [0, 0.05) is 24.5 Å². The summed E-state index contributed by atoms with van der Waals surface area (Å²) >= 11 is 0. The Morgan fingerprint density at radius 3 is 2.61 bits per heavy atom. The molecule has 0 aromatic carbocycles. The smallest absolute Gasteiger partial charge is 0.756 e. The predicted molar refractivity (Wildman–Crippen MR) is 133 cm³/mol. The minimum atomic E-state index is -5.79. The summed E-state index contributed by atoms with van der Waals surface area (Å²) in [5.41, 5.74) is 12.9. The van der Waals surface area contributed by atoms with Gasteiger partial charge in [-0.3, -0.25) is 18.5 Å². The predicted octanol–water partition coefficient (Wildman–Crippen LogP) is -7.58. The van der Waals surface area contributed by atoms with Crippen LogP contribution < -0.4 is 51.2 Å². The van der Waals surface area contributed by atoms with Gasteiger partial charge in [0.25, 0.3) is 13.6 Å². The Morgan fingerprint density at radius 2 is 2.05 bits per heavy atom. The molecule has 0 bridgehead atoms. The minimum Gasteiger partial charge on any atom is -0.756 e. The number of nitrogens with zero attached hydrogens (tertiary/aromatic N) is 5. The van der Waals surface area contributed by atoms with Gasteiger partial charge in [0.2, 0.25) is 5.91 Å². The molecule has 3 rings (SSSR count). The number of rotatable bonds is 12. The number of amides is 1. The zero-order chi connectivity index (χ0) is 32.3. The fourth-order valence-electron chi connectivity index (χ4n) is 4.43. The SMILES string of the molecule is CC(=O)NC1C(O)CC(OP(=O)([O-])OCC2OC(n3ccc(N)nc3=O)C(O)C2O)(C(=O)O)OC1C(O)C(O)CN=[N+]=[N-].[Na+]. The molecule has 3 heterocycles. The second-order valence-corrected chi connectivity index (χ2v) is 10.9. The maximum Gasteiger partial charge on any atom is 1.00 e. The van der Waals surface area contributed by atoms with Crippen LogP contribution in [0.25, 0.3) is 10.4 Å². The Balaban J connectivity index is 0.00000675. The standard InChI is InChI=1S/C20H30N7O15P.Na/c1-7(28)24-12-8(29)4-20(18(34)35,41-16(12)13(31)9(30)5-23-26-22)42-43(37,38)39-6-10-14(32)15(33)17(40-10)27-3-2-11(21)25-19(27)36;/h2-3,8-10,12-17,29-33H,4-6H2,1H3,(H,24,28)(H,34,35)(H,37,38)(H2,21,25,36);/q;+1/p-1. The van der Waals surface area contributed by atoms with Crippen LogP contribution in [0.4, 0.5) is 5.82 Å². The monoisotopic (exact) mass is 661 g/mol. The molecule has 2 saturated heterocycles. The van der Waals surface area contributed by atoms with Crippen LogP contribution in [0.15, 0.2) is 22.2 Å². The van der Waals surface area contributed by atoms with Gasteiger partial charge >= 0.3 is 41.2 Å². The molecule has 44 heavy (non-hydrogen) atoms. The molecule has 9 N–H and O–H groups in total. The topological polar surface area (TPSA) is 354 Å². The Morgan fingerprint density at radius 1 is 1.39 bits per heavy atom. The van der Waals surface area contributed by atoms with E-state index in [4.69, 9.17) is 20.7 Å². The van der Waals surface area contributed by atoms with Crippen molar-refractivity contribution in [2.75, 3.05) is 18.9 Å². The molecule has 11 atom stereocenters. The van der Waals surface area contributed by atoms with E-state index in [2.05, 4.69) is 29.4 Å². The number of phosphoric ester groups is 1. The summed E-state index contributed by atoms with van der Waals surface area (Å²) in [6.07, 6.45) is -15.0. The van der Waals surface area contributed by atoms with E-state index < -0.39 is 106 Å². The molecule has 240 valence electrons. The average Bonchev–Trinajstić information content (AvgIpc) is 3.19. The number of aromatic nitrogens is 2. The molecule has 0 saturated carbocycles. The third-order valence-corrected chi connectivity index (χ3v) is 7.43. The Kier molecular flexibility index (Phi) is 13.2. The number of anilines is 1. The molecule has 24 heteroatoms. The zero-order valence-electron chi connectivity index (χ0n) is 23.1. The van der Waals surface area contributed by atoms with Gasteiger partial charge in [-0.1, -0.05) is 5.11 Å². The molecule has 11 unspecified atom stereocenters. The molecule has 0 radical (unpaired) electrons. The number of carboxylic acids is 1. The van der Waals surface area contributed by atoms with Crippen LogP contribution in [0.2, 0.25) is 0 Å².